The van der Waals surface area contributed by atoms with Crippen LogP contribution in [0.25, 0.3) is 0 Å². The van der Waals surface area contributed by atoms with E-state index < -0.39 is 4.92 Å². The van der Waals surface area contributed by atoms with E-state index in [9.17, 15) is 10.1 Å². The number of anilines is 2. The number of rotatable bonds is 7. The van der Waals surface area contributed by atoms with Gasteiger partial charge in [-0.05, 0) is 18.4 Å². The zero-order valence-electron chi connectivity index (χ0n) is 12.5. The van der Waals surface area contributed by atoms with E-state index in [-0.39, 0.29) is 17.5 Å². The fraction of sp³-hybridized carbons (Fsp3) is 0.357. The maximum atomic E-state index is 11.0. The van der Waals surface area contributed by atoms with Gasteiger partial charge < -0.3 is 15.4 Å². The van der Waals surface area contributed by atoms with Crippen LogP contribution in [-0.4, -0.2) is 33.0 Å². The number of hydrogen-bond acceptors (Lipinski definition) is 8. The Morgan fingerprint density at radius 1 is 1.35 bits per heavy atom. The van der Waals surface area contributed by atoms with Crippen molar-refractivity contribution in [3.63, 3.8) is 0 Å². The average molecular weight is 316 g/mol. The van der Waals surface area contributed by atoms with Gasteiger partial charge >= 0.3 is 5.69 Å². The molecule has 0 unspecified atom stereocenters. The Morgan fingerprint density at radius 3 is 2.78 bits per heavy atom. The third-order valence-electron chi connectivity index (χ3n) is 3.34. The zero-order chi connectivity index (χ0) is 16.2. The van der Waals surface area contributed by atoms with Crippen molar-refractivity contribution in [3.8, 4) is 5.88 Å². The summed E-state index contributed by atoms with van der Waals surface area (Å²) in [5.41, 5.74) is 0.804. The van der Waals surface area contributed by atoms with Crippen LogP contribution in [-0.2, 0) is 6.54 Å². The van der Waals surface area contributed by atoms with Gasteiger partial charge in [0, 0.05) is 24.8 Å². The van der Waals surface area contributed by atoms with Crippen molar-refractivity contribution in [2.75, 3.05) is 17.7 Å². The van der Waals surface area contributed by atoms with Crippen molar-refractivity contribution in [2.24, 2.45) is 0 Å². The molecule has 2 N–H and O–H groups in total. The van der Waals surface area contributed by atoms with E-state index in [0.29, 0.717) is 18.4 Å². The SMILES string of the molecule is COc1ccc(CNc2ncc([N+](=O)[O-])c(NC3CC3)n2)cn1. The van der Waals surface area contributed by atoms with Gasteiger partial charge in [-0.1, -0.05) is 6.07 Å². The lowest BCUT2D eigenvalue weighted by Crippen LogP contribution is -2.10. The Bertz CT molecular complexity index is 702. The van der Waals surface area contributed by atoms with Crippen LogP contribution in [0.15, 0.2) is 24.5 Å². The number of aromatic nitrogens is 3. The summed E-state index contributed by atoms with van der Waals surface area (Å²) in [6.45, 7) is 0.456. The molecule has 1 saturated carbocycles. The number of hydrogen-bond donors (Lipinski definition) is 2. The van der Waals surface area contributed by atoms with Gasteiger partial charge in [0.25, 0.3) is 0 Å². The number of ether oxygens (including phenoxy) is 1. The number of pyridine rings is 1. The van der Waals surface area contributed by atoms with Crippen LogP contribution in [0.5, 0.6) is 5.88 Å². The van der Waals surface area contributed by atoms with Gasteiger partial charge in [0.1, 0.15) is 6.20 Å². The minimum Gasteiger partial charge on any atom is -0.481 e. The molecular weight excluding hydrogens is 300 g/mol. The molecule has 0 bridgehead atoms. The fourth-order valence-corrected chi connectivity index (χ4v) is 1.94. The van der Waals surface area contributed by atoms with E-state index in [1.807, 2.05) is 6.07 Å². The highest BCUT2D eigenvalue weighted by atomic mass is 16.6. The lowest BCUT2D eigenvalue weighted by Gasteiger charge is -2.08. The molecule has 0 radical (unpaired) electrons. The van der Waals surface area contributed by atoms with Crippen LogP contribution in [0, 0.1) is 10.1 Å². The maximum absolute atomic E-state index is 11.0. The molecule has 23 heavy (non-hydrogen) atoms. The lowest BCUT2D eigenvalue weighted by atomic mass is 10.3. The number of nitrogens with zero attached hydrogens (tertiary/aromatic N) is 4. The Labute approximate surface area is 132 Å². The second-order valence-electron chi connectivity index (χ2n) is 5.17. The van der Waals surface area contributed by atoms with Gasteiger partial charge in [-0.2, -0.15) is 4.98 Å². The first-order valence-corrected chi connectivity index (χ1v) is 7.16. The van der Waals surface area contributed by atoms with Gasteiger partial charge in [0.2, 0.25) is 17.6 Å². The van der Waals surface area contributed by atoms with Crippen molar-refractivity contribution in [1.82, 2.24) is 15.0 Å². The number of nitro groups is 1. The Kier molecular flexibility index (Phi) is 4.18. The quantitative estimate of drug-likeness (QED) is 0.588. The van der Waals surface area contributed by atoms with Crippen LogP contribution in [0.2, 0.25) is 0 Å². The summed E-state index contributed by atoms with van der Waals surface area (Å²) < 4.78 is 5.00. The van der Waals surface area contributed by atoms with Gasteiger partial charge in [-0.15, -0.1) is 0 Å². The van der Waals surface area contributed by atoms with Crippen molar-refractivity contribution in [2.45, 2.75) is 25.4 Å². The summed E-state index contributed by atoms with van der Waals surface area (Å²) in [6.07, 6.45) is 4.90. The molecule has 9 heteroatoms. The monoisotopic (exact) mass is 316 g/mol. The van der Waals surface area contributed by atoms with Gasteiger partial charge in [0.05, 0.1) is 12.0 Å². The lowest BCUT2D eigenvalue weighted by molar-refractivity contribution is -0.384. The third kappa shape index (κ3) is 3.82. The molecule has 120 valence electrons. The second kappa shape index (κ2) is 6.42. The normalized spacial score (nSPS) is 13.4. The molecular formula is C14H16N6O3. The molecule has 0 aliphatic heterocycles. The van der Waals surface area contributed by atoms with E-state index in [1.54, 1.807) is 19.4 Å². The molecule has 2 heterocycles. The van der Waals surface area contributed by atoms with Crippen molar-refractivity contribution >= 4 is 17.5 Å². The highest BCUT2D eigenvalue weighted by Gasteiger charge is 2.26. The largest absolute Gasteiger partial charge is 0.481 e. The predicted molar refractivity (Wildman–Crippen MR) is 83.4 cm³/mol. The topological polar surface area (TPSA) is 115 Å². The van der Waals surface area contributed by atoms with Crippen LogP contribution >= 0.6 is 0 Å². The fourth-order valence-electron chi connectivity index (χ4n) is 1.94. The second-order valence-corrected chi connectivity index (χ2v) is 5.17. The molecule has 3 rings (SSSR count). The van der Waals surface area contributed by atoms with Gasteiger partial charge in [0.15, 0.2) is 0 Å². The highest BCUT2D eigenvalue weighted by molar-refractivity contribution is 5.58. The molecule has 0 aromatic carbocycles. The van der Waals surface area contributed by atoms with E-state index in [4.69, 9.17) is 4.74 Å². The van der Waals surface area contributed by atoms with Crippen LogP contribution < -0.4 is 15.4 Å². The standard InChI is InChI=1S/C14H16N6O3/c1-23-12-5-2-9(6-15-12)7-16-14-17-8-11(20(21)22)13(19-14)18-10-3-4-10/h2,5-6,8,10H,3-4,7H2,1H3,(H2,16,17,18,19). The molecule has 1 fully saturated rings. The number of methoxy groups -OCH3 is 1. The third-order valence-corrected chi connectivity index (χ3v) is 3.34. The Balaban J connectivity index is 1.70. The molecule has 0 atom stereocenters. The van der Waals surface area contributed by atoms with Crippen molar-refractivity contribution < 1.29 is 9.66 Å². The molecule has 2 aromatic rings. The molecule has 0 spiro atoms. The average Bonchev–Trinajstić information content (AvgIpc) is 3.37. The molecule has 0 amide bonds. The van der Waals surface area contributed by atoms with E-state index in [0.717, 1.165) is 18.4 Å². The van der Waals surface area contributed by atoms with Crippen LogP contribution in [0.1, 0.15) is 18.4 Å². The first kappa shape index (κ1) is 14.9. The van der Waals surface area contributed by atoms with Crippen molar-refractivity contribution in [1.29, 1.82) is 0 Å². The highest BCUT2D eigenvalue weighted by Crippen LogP contribution is 2.29. The molecule has 0 saturated heterocycles. The van der Waals surface area contributed by atoms with Crippen molar-refractivity contribution in [3.05, 3.63) is 40.2 Å². The van der Waals surface area contributed by atoms with Crippen LogP contribution in [0.4, 0.5) is 17.5 Å². The van der Waals surface area contributed by atoms with E-state index in [1.165, 1.54) is 6.20 Å². The van der Waals surface area contributed by atoms with Gasteiger partial charge in [-0.25, -0.2) is 9.97 Å². The first-order chi connectivity index (χ1) is 11.2. The molecule has 9 nitrogen and oxygen atoms in total. The predicted octanol–water partition coefficient (Wildman–Crippen LogP) is 1.97. The Morgan fingerprint density at radius 2 is 2.17 bits per heavy atom. The summed E-state index contributed by atoms with van der Waals surface area (Å²) in [6, 6.07) is 3.89. The minimum absolute atomic E-state index is 0.117. The van der Waals surface area contributed by atoms with Crippen LogP contribution in [0.3, 0.4) is 0 Å². The Hall–Kier alpha value is -2.97. The molecule has 1 aliphatic carbocycles. The molecule has 2 aromatic heterocycles. The number of nitrogens with one attached hydrogen (secondary N) is 2. The summed E-state index contributed by atoms with van der Waals surface area (Å²) in [4.78, 5) is 22.8. The summed E-state index contributed by atoms with van der Waals surface area (Å²) in [7, 11) is 1.55. The smallest absolute Gasteiger partial charge is 0.329 e. The van der Waals surface area contributed by atoms with E-state index in [2.05, 4.69) is 25.6 Å². The summed E-state index contributed by atoms with van der Waals surface area (Å²) >= 11 is 0. The minimum atomic E-state index is -0.484. The van der Waals surface area contributed by atoms with E-state index >= 15 is 0 Å². The summed E-state index contributed by atoms with van der Waals surface area (Å²) in [5.74, 6) is 1.12. The maximum Gasteiger partial charge on any atom is 0.329 e. The van der Waals surface area contributed by atoms with Gasteiger partial charge in [-0.3, -0.25) is 10.1 Å². The zero-order valence-corrected chi connectivity index (χ0v) is 12.5. The first-order valence-electron chi connectivity index (χ1n) is 7.16. The molecule has 1 aliphatic rings. The summed E-state index contributed by atoms with van der Waals surface area (Å²) in [5, 5.41) is 17.1.